The molecule has 0 aliphatic rings. The van der Waals surface area contributed by atoms with Crippen LogP contribution in [0, 0.1) is 0 Å². The fourth-order valence-electron chi connectivity index (χ4n) is 0.0579. The molecular weight excluding hydrogens is 320 g/mol. The van der Waals surface area contributed by atoms with E-state index in [2.05, 4.69) is 2.69 Å². The molecule has 0 atom stereocenters. The summed E-state index contributed by atoms with van der Waals surface area (Å²) in [6.07, 6.45) is -4.82. The summed E-state index contributed by atoms with van der Waals surface area (Å²) in [6.45, 7) is 0. The van der Waals surface area contributed by atoms with E-state index in [1.807, 2.05) is 0 Å². The summed E-state index contributed by atoms with van der Waals surface area (Å²) >= 11 is -0.216. The molecule has 0 aromatic rings. The van der Waals surface area contributed by atoms with Gasteiger partial charge in [-0.25, -0.2) is 0 Å². The van der Waals surface area contributed by atoms with Crippen LogP contribution >= 0.6 is 0 Å². The van der Waals surface area contributed by atoms with Crippen LogP contribution in [0.4, 0.5) is 13.2 Å². The molecule has 0 bridgehead atoms. The number of hydrogen-bond donors (Lipinski definition) is 0. The van der Waals surface area contributed by atoms with E-state index in [9.17, 15) is 18.0 Å². The number of hydrogen-bond acceptors (Lipinski definition) is 2. The topological polar surface area (TPSA) is 26.3 Å². The van der Waals surface area contributed by atoms with Crippen molar-refractivity contribution in [1.82, 2.24) is 0 Å². The molecule has 0 amide bonds. The fraction of sp³-hybridized carbons (Fsp3) is 0.500. The van der Waals surface area contributed by atoms with Gasteiger partial charge in [0, 0.05) is 0 Å². The van der Waals surface area contributed by atoms with Crippen molar-refractivity contribution < 1.29 is 20.7 Å². The Morgan fingerprint density at radius 3 is 1.88 bits per heavy atom. The minimum absolute atomic E-state index is 0.216. The van der Waals surface area contributed by atoms with Crippen LogP contribution in [0.15, 0.2) is 0 Å². The number of carbonyl (C=O) groups excluding carboxylic acids is 1. The second kappa shape index (κ2) is 2.65. The van der Waals surface area contributed by atoms with Gasteiger partial charge in [0.2, 0.25) is 0 Å². The molecule has 0 rings (SSSR count). The van der Waals surface area contributed by atoms with Crippen LogP contribution in [0.3, 0.4) is 0 Å². The molecule has 0 fully saturated rings. The third-order valence-electron chi connectivity index (χ3n) is 0.324. The maximum absolute atomic E-state index is 11.0. The fourth-order valence-corrected chi connectivity index (χ4v) is 0.508. The van der Waals surface area contributed by atoms with Gasteiger partial charge in [-0.1, -0.05) is 0 Å². The van der Waals surface area contributed by atoms with E-state index in [0.717, 1.165) is 0 Å². The molecule has 45 valence electrons. The monoisotopic (exact) mass is 321 g/mol. The Morgan fingerprint density at radius 2 is 1.88 bits per heavy atom. The summed E-state index contributed by atoms with van der Waals surface area (Å²) in [5.41, 5.74) is 0. The Labute approximate surface area is 59.3 Å². The van der Waals surface area contributed by atoms with Crippen LogP contribution in [0.1, 0.15) is 0 Å². The summed E-state index contributed by atoms with van der Waals surface area (Å²) in [6, 6.07) is 0. The van der Waals surface area contributed by atoms with Gasteiger partial charge < -0.3 is 0 Å². The van der Waals surface area contributed by atoms with Gasteiger partial charge in [0.25, 0.3) is 0 Å². The third kappa shape index (κ3) is 2.48. The first kappa shape index (κ1) is 8.18. The van der Waals surface area contributed by atoms with Crippen LogP contribution in [0.25, 0.3) is 0 Å². The van der Waals surface area contributed by atoms with Gasteiger partial charge in [0.15, 0.2) is 0 Å². The Hall–Kier alpha value is 0.182. The summed E-state index contributed by atoms with van der Waals surface area (Å²) in [7, 11) is 0. The molecular formula is C2F3O2Pb. The normalized spacial score (nSPS) is 11.0. The molecule has 0 saturated heterocycles. The van der Waals surface area contributed by atoms with Crippen molar-refractivity contribution in [3.05, 3.63) is 0 Å². The van der Waals surface area contributed by atoms with Crippen molar-refractivity contribution in [2.24, 2.45) is 0 Å². The van der Waals surface area contributed by atoms with E-state index in [1.165, 1.54) is 0 Å². The molecule has 0 saturated carbocycles. The van der Waals surface area contributed by atoms with Gasteiger partial charge in [0.1, 0.15) is 0 Å². The van der Waals surface area contributed by atoms with Gasteiger partial charge >= 0.3 is 59.0 Å². The van der Waals surface area contributed by atoms with Crippen LogP contribution in [0.2, 0.25) is 0 Å². The zero-order chi connectivity index (χ0) is 6.78. The second-order valence-electron chi connectivity index (χ2n) is 0.887. The molecule has 0 unspecified atom stereocenters. The van der Waals surface area contributed by atoms with Crippen molar-refractivity contribution in [3.63, 3.8) is 0 Å². The van der Waals surface area contributed by atoms with Crippen molar-refractivity contribution in [2.75, 3.05) is 0 Å². The van der Waals surface area contributed by atoms with Crippen LogP contribution in [-0.2, 0) is 7.48 Å². The molecule has 3 radical (unpaired) electrons. The summed E-state index contributed by atoms with van der Waals surface area (Å²) < 4.78 is 36.5. The van der Waals surface area contributed by atoms with E-state index in [-0.39, 0.29) is 26.2 Å². The first-order chi connectivity index (χ1) is 3.48. The molecule has 0 N–H and O–H groups in total. The Bertz CT molecular complexity index is 97.9. The van der Waals surface area contributed by atoms with Gasteiger partial charge in [-0.15, -0.1) is 0 Å². The Morgan fingerprint density at radius 1 is 1.50 bits per heavy atom. The molecule has 8 heavy (non-hydrogen) atoms. The van der Waals surface area contributed by atoms with Crippen LogP contribution < -0.4 is 0 Å². The summed E-state index contributed by atoms with van der Waals surface area (Å²) in [5.74, 6) is -2.11. The number of halogens is 3. The molecule has 2 nitrogen and oxygen atoms in total. The molecule has 0 heterocycles. The summed E-state index contributed by atoms with van der Waals surface area (Å²) in [4.78, 5) is 9.52. The van der Waals surface area contributed by atoms with E-state index in [0.29, 0.717) is 0 Å². The van der Waals surface area contributed by atoms with Crippen molar-refractivity contribution >= 4 is 32.2 Å². The van der Waals surface area contributed by atoms with Crippen molar-refractivity contribution in [1.29, 1.82) is 0 Å². The quantitative estimate of drug-likeness (QED) is 0.595. The molecule has 6 heteroatoms. The number of rotatable bonds is 0. The Balaban J connectivity index is 3.82. The van der Waals surface area contributed by atoms with Gasteiger partial charge in [-0.2, -0.15) is 0 Å². The van der Waals surface area contributed by atoms with Crippen LogP contribution in [0.5, 0.6) is 0 Å². The van der Waals surface area contributed by atoms with Crippen molar-refractivity contribution in [3.8, 4) is 0 Å². The zero-order valence-electron chi connectivity index (χ0n) is 3.45. The average molecular weight is 320 g/mol. The average Bonchev–Trinajstić information content (AvgIpc) is 1.62. The van der Waals surface area contributed by atoms with E-state index in [1.54, 1.807) is 0 Å². The van der Waals surface area contributed by atoms with Gasteiger partial charge in [0.05, 0.1) is 0 Å². The van der Waals surface area contributed by atoms with Crippen molar-refractivity contribution in [2.45, 2.75) is 6.18 Å². The van der Waals surface area contributed by atoms with Gasteiger partial charge in [-0.3, -0.25) is 0 Å². The number of carbonyl (C=O) groups is 1. The predicted octanol–water partition coefficient (Wildman–Crippen LogP) is 0.175. The summed E-state index contributed by atoms with van der Waals surface area (Å²) in [5, 5.41) is 0. The molecule has 0 aromatic carbocycles. The van der Waals surface area contributed by atoms with Gasteiger partial charge in [-0.05, 0) is 0 Å². The Kier molecular flexibility index (Phi) is 2.71. The zero-order valence-corrected chi connectivity index (χ0v) is 7.34. The van der Waals surface area contributed by atoms with Crippen LogP contribution in [-0.4, -0.2) is 38.4 Å². The first-order valence-electron chi connectivity index (χ1n) is 1.43. The molecule has 0 aliphatic carbocycles. The SMILES string of the molecule is O=C([O][Pb])C(F)(F)F. The van der Waals surface area contributed by atoms with E-state index < -0.39 is 12.1 Å². The first-order valence-corrected chi connectivity index (χ1v) is 3.02. The molecule has 0 spiro atoms. The minimum atomic E-state index is -4.82. The maximum atomic E-state index is 11.0. The number of alkyl halides is 3. The van der Waals surface area contributed by atoms with E-state index in [4.69, 9.17) is 0 Å². The predicted molar refractivity (Wildman–Crippen MR) is 17.9 cm³/mol. The molecule has 0 aliphatic heterocycles. The molecule has 0 aromatic heterocycles. The second-order valence-corrected chi connectivity index (χ2v) is 1.68. The third-order valence-corrected chi connectivity index (χ3v) is 1.04. The van der Waals surface area contributed by atoms with E-state index >= 15 is 0 Å². The standard InChI is InChI=1S/C2HF3O2.Pb/c3-2(4,5)1(6)7;/h(H,6,7);/q;+1/p-1.